The molecule has 2 saturated carbocycles. The maximum absolute atomic E-state index is 5.84. The Morgan fingerprint density at radius 1 is 1.11 bits per heavy atom. The molecule has 3 rings (SSSR count). The Balaban J connectivity index is 1.61. The first-order valence-electron chi connectivity index (χ1n) is 7.83. The molecule has 1 heterocycles. The number of aromatic nitrogens is 2. The average Bonchev–Trinajstić information content (AvgIpc) is 2.93. The predicted molar refractivity (Wildman–Crippen MR) is 74.0 cm³/mol. The molecule has 1 N–H and O–H groups in total. The van der Waals surface area contributed by atoms with E-state index in [9.17, 15) is 0 Å². The topological polar surface area (TPSA) is 51.0 Å². The van der Waals surface area contributed by atoms with Crippen molar-refractivity contribution in [2.75, 3.05) is 13.6 Å². The van der Waals surface area contributed by atoms with Gasteiger partial charge in [-0.3, -0.25) is 0 Å². The summed E-state index contributed by atoms with van der Waals surface area (Å²) in [5, 5.41) is 11.6. The molecule has 19 heavy (non-hydrogen) atoms. The lowest BCUT2D eigenvalue weighted by molar-refractivity contribution is 0.145. The molecular weight excluding hydrogens is 238 g/mol. The van der Waals surface area contributed by atoms with E-state index in [0.717, 1.165) is 36.6 Å². The number of likely N-dealkylation sites (N-methyl/N-ethyl adjacent to an activating group) is 1. The summed E-state index contributed by atoms with van der Waals surface area (Å²) >= 11 is 0. The number of nitrogens with one attached hydrogen (secondary N) is 1. The van der Waals surface area contributed by atoms with E-state index >= 15 is 0 Å². The highest BCUT2D eigenvalue weighted by molar-refractivity contribution is 4.97. The maximum atomic E-state index is 5.84. The van der Waals surface area contributed by atoms with Gasteiger partial charge in [-0.1, -0.05) is 25.7 Å². The summed E-state index contributed by atoms with van der Waals surface area (Å²) in [6, 6.07) is 0. The van der Waals surface area contributed by atoms with Crippen LogP contribution in [0.3, 0.4) is 0 Å². The van der Waals surface area contributed by atoms with E-state index in [2.05, 4.69) is 15.5 Å². The fourth-order valence-corrected chi connectivity index (χ4v) is 3.86. The third kappa shape index (κ3) is 2.99. The van der Waals surface area contributed by atoms with Gasteiger partial charge >= 0.3 is 0 Å². The normalized spacial score (nSPS) is 31.1. The minimum absolute atomic E-state index is 0.523. The Kier molecular flexibility index (Phi) is 4.16. The van der Waals surface area contributed by atoms with Crippen LogP contribution in [0.1, 0.15) is 62.6 Å². The van der Waals surface area contributed by atoms with Gasteiger partial charge in [-0.2, -0.15) is 0 Å². The van der Waals surface area contributed by atoms with Crippen molar-refractivity contribution in [1.29, 1.82) is 0 Å². The smallest absolute Gasteiger partial charge is 0.219 e. The maximum Gasteiger partial charge on any atom is 0.219 e. The van der Waals surface area contributed by atoms with Crippen LogP contribution in [-0.4, -0.2) is 23.8 Å². The largest absolute Gasteiger partial charge is 0.425 e. The molecule has 2 aliphatic rings. The molecule has 2 aliphatic carbocycles. The molecule has 0 spiro atoms. The van der Waals surface area contributed by atoms with Gasteiger partial charge < -0.3 is 9.73 Å². The molecule has 0 amide bonds. The Morgan fingerprint density at radius 2 is 1.95 bits per heavy atom. The minimum Gasteiger partial charge on any atom is -0.425 e. The highest BCUT2D eigenvalue weighted by Crippen LogP contribution is 2.45. The molecular formula is C15H25N3O. The Labute approximate surface area is 115 Å². The van der Waals surface area contributed by atoms with E-state index in [1.54, 1.807) is 0 Å². The SMILES string of the molecule is CNCCc1nnc(C2CCC3CCCCC3C2)o1. The van der Waals surface area contributed by atoms with Gasteiger partial charge in [0.1, 0.15) is 0 Å². The molecule has 0 bridgehead atoms. The number of hydrogen-bond acceptors (Lipinski definition) is 4. The van der Waals surface area contributed by atoms with E-state index in [-0.39, 0.29) is 0 Å². The van der Waals surface area contributed by atoms with Crippen LogP contribution in [0, 0.1) is 11.8 Å². The first kappa shape index (κ1) is 13.1. The van der Waals surface area contributed by atoms with Crippen LogP contribution in [0.4, 0.5) is 0 Å². The number of nitrogens with zero attached hydrogens (tertiary/aromatic N) is 2. The Morgan fingerprint density at radius 3 is 2.79 bits per heavy atom. The molecule has 0 aliphatic heterocycles. The highest BCUT2D eigenvalue weighted by Gasteiger charge is 2.34. The fourth-order valence-electron chi connectivity index (χ4n) is 3.86. The van der Waals surface area contributed by atoms with Gasteiger partial charge in [0.05, 0.1) is 0 Å². The van der Waals surface area contributed by atoms with Crippen LogP contribution in [0.5, 0.6) is 0 Å². The van der Waals surface area contributed by atoms with E-state index in [0.29, 0.717) is 5.92 Å². The third-order valence-corrected chi connectivity index (χ3v) is 4.96. The van der Waals surface area contributed by atoms with Crippen molar-refractivity contribution in [1.82, 2.24) is 15.5 Å². The molecule has 0 aromatic carbocycles. The second-order valence-electron chi connectivity index (χ2n) is 6.20. The van der Waals surface area contributed by atoms with Crippen molar-refractivity contribution in [2.45, 2.75) is 57.3 Å². The lowest BCUT2D eigenvalue weighted by atomic mass is 9.67. The Hall–Kier alpha value is -0.900. The summed E-state index contributed by atoms with van der Waals surface area (Å²) in [4.78, 5) is 0. The van der Waals surface area contributed by atoms with Crippen molar-refractivity contribution in [3.63, 3.8) is 0 Å². The van der Waals surface area contributed by atoms with Crippen LogP contribution in [0.2, 0.25) is 0 Å². The molecule has 4 nitrogen and oxygen atoms in total. The zero-order chi connectivity index (χ0) is 13.1. The predicted octanol–water partition coefficient (Wildman–Crippen LogP) is 2.91. The molecule has 3 unspecified atom stereocenters. The summed E-state index contributed by atoms with van der Waals surface area (Å²) < 4.78 is 5.84. The second-order valence-corrected chi connectivity index (χ2v) is 6.20. The standard InChI is InChI=1S/C15H25N3O/c1-16-9-8-14-17-18-15(19-14)13-7-6-11-4-2-3-5-12(11)10-13/h11-13,16H,2-10H2,1H3. The number of fused-ring (bicyclic) bond motifs is 1. The van der Waals surface area contributed by atoms with Crippen molar-refractivity contribution in [3.8, 4) is 0 Å². The van der Waals surface area contributed by atoms with Gasteiger partial charge in [-0.15, -0.1) is 10.2 Å². The zero-order valence-electron chi connectivity index (χ0n) is 11.9. The van der Waals surface area contributed by atoms with Crippen LogP contribution in [0.15, 0.2) is 4.42 Å². The van der Waals surface area contributed by atoms with Crippen LogP contribution in [0.25, 0.3) is 0 Å². The van der Waals surface area contributed by atoms with Gasteiger partial charge in [-0.25, -0.2) is 0 Å². The summed E-state index contributed by atoms with van der Waals surface area (Å²) in [7, 11) is 1.95. The number of hydrogen-bond donors (Lipinski definition) is 1. The number of rotatable bonds is 4. The molecule has 0 saturated heterocycles. The van der Waals surface area contributed by atoms with Gasteiger partial charge in [0.15, 0.2) is 0 Å². The summed E-state index contributed by atoms with van der Waals surface area (Å²) in [5.41, 5.74) is 0. The summed E-state index contributed by atoms with van der Waals surface area (Å²) in [5.74, 6) is 4.11. The zero-order valence-corrected chi connectivity index (χ0v) is 11.9. The molecule has 3 atom stereocenters. The van der Waals surface area contributed by atoms with Crippen LogP contribution < -0.4 is 5.32 Å². The molecule has 0 radical (unpaired) electrons. The molecule has 2 fully saturated rings. The van der Waals surface area contributed by atoms with Crippen molar-refractivity contribution in [2.24, 2.45) is 11.8 Å². The van der Waals surface area contributed by atoms with Crippen molar-refractivity contribution < 1.29 is 4.42 Å². The van der Waals surface area contributed by atoms with E-state index in [1.165, 1.54) is 44.9 Å². The first-order valence-corrected chi connectivity index (χ1v) is 7.83. The lowest BCUT2D eigenvalue weighted by Gasteiger charge is -2.38. The van der Waals surface area contributed by atoms with Gasteiger partial charge in [0, 0.05) is 18.9 Å². The van der Waals surface area contributed by atoms with Gasteiger partial charge in [0.2, 0.25) is 11.8 Å². The lowest BCUT2D eigenvalue weighted by Crippen LogP contribution is -2.26. The van der Waals surface area contributed by atoms with Gasteiger partial charge in [0.25, 0.3) is 0 Å². The quantitative estimate of drug-likeness (QED) is 0.907. The fraction of sp³-hybridized carbons (Fsp3) is 0.867. The summed E-state index contributed by atoms with van der Waals surface area (Å²) in [6.07, 6.45) is 10.5. The van der Waals surface area contributed by atoms with E-state index < -0.39 is 0 Å². The van der Waals surface area contributed by atoms with E-state index in [1.807, 2.05) is 7.05 Å². The molecule has 106 valence electrons. The highest BCUT2D eigenvalue weighted by atomic mass is 16.4. The monoisotopic (exact) mass is 263 g/mol. The van der Waals surface area contributed by atoms with Crippen molar-refractivity contribution in [3.05, 3.63) is 11.8 Å². The Bertz CT molecular complexity index is 404. The van der Waals surface area contributed by atoms with E-state index in [4.69, 9.17) is 4.42 Å². The molecule has 4 heteroatoms. The van der Waals surface area contributed by atoms with Crippen LogP contribution in [-0.2, 0) is 6.42 Å². The molecule has 1 aromatic heterocycles. The molecule has 1 aromatic rings. The van der Waals surface area contributed by atoms with Crippen molar-refractivity contribution >= 4 is 0 Å². The second kappa shape index (κ2) is 6.04. The van der Waals surface area contributed by atoms with Gasteiger partial charge in [-0.05, 0) is 38.1 Å². The van der Waals surface area contributed by atoms with Crippen LogP contribution >= 0.6 is 0 Å². The summed E-state index contributed by atoms with van der Waals surface area (Å²) in [6.45, 7) is 0.900. The average molecular weight is 263 g/mol. The minimum atomic E-state index is 0.523. The first-order chi connectivity index (χ1) is 9.36. The third-order valence-electron chi connectivity index (χ3n) is 4.96.